The van der Waals surface area contributed by atoms with Crippen molar-refractivity contribution in [1.29, 1.82) is 0 Å². The summed E-state index contributed by atoms with van der Waals surface area (Å²) in [6, 6.07) is -0.354. The van der Waals surface area contributed by atoms with Gasteiger partial charge in [0, 0.05) is 6.54 Å². The standard InChI is InChI=1S/C7H13NO4S/c9-7-5-12-4-6(7)8-2-1-3-13(8,10)11/h6-7,9H,1-5H2. The van der Waals surface area contributed by atoms with Crippen molar-refractivity contribution in [3.8, 4) is 0 Å². The van der Waals surface area contributed by atoms with E-state index < -0.39 is 16.1 Å². The Labute approximate surface area is 77.3 Å². The normalized spacial score (nSPS) is 39.8. The molecular formula is C7H13NO4S. The first-order valence-electron chi connectivity index (χ1n) is 4.36. The monoisotopic (exact) mass is 207 g/mol. The highest BCUT2D eigenvalue weighted by Crippen LogP contribution is 2.22. The summed E-state index contributed by atoms with van der Waals surface area (Å²) in [5, 5.41) is 9.45. The third-order valence-electron chi connectivity index (χ3n) is 2.53. The average Bonchev–Trinajstić information content (AvgIpc) is 2.56. The van der Waals surface area contributed by atoms with E-state index in [2.05, 4.69) is 0 Å². The molecule has 0 aromatic rings. The molecule has 0 saturated carbocycles. The first kappa shape index (κ1) is 9.39. The number of aliphatic hydroxyl groups is 1. The highest BCUT2D eigenvalue weighted by atomic mass is 32.2. The Morgan fingerprint density at radius 1 is 1.38 bits per heavy atom. The molecule has 2 saturated heterocycles. The van der Waals surface area contributed by atoms with Crippen LogP contribution >= 0.6 is 0 Å². The van der Waals surface area contributed by atoms with Gasteiger partial charge in [0.2, 0.25) is 10.0 Å². The molecule has 6 heteroatoms. The summed E-state index contributed by atoms with van der Waals surface area (Å²) in [6.07, 6.45) is -0.00109. The molecule has 2 fully saturated rings. The molecule has 2 unspecified atom stereocenters. The van der Waals surface area contributed by atoms with Crippen LogP contribution in [-0.2, 0) is 14.8 Å². The molecule has 1 N–H and O–H groups in total. The van der Waals surface area contributed by atoms with E-state index in [1.165, 1.54) is 4.31 Å². The van der Waals surface area contributed by atoms with E-state index >= 15 is 0 Å². The lowest BCUT2D eigenvalue weighted by atomic mass is 10.2. The predicted octanol–water partition coefficient (Wildman–Crippen LogP) is -1.22. The van der Waals surface area contributed by atoms with Crippen LogP contribution in [0.4, 0.5) is 0 Å². The summed E-state index contributed by atoms with van der Waals surface area (Å²) in [7, 11) is -3.11. The van der Waals surface area contributed by atoms with E-state index in [1.807, 2.05) is 0 Å². The highest BCUT2D eigenvalue weighted by Gasteiger charge is 2.40. The minimum Gasteiger partial charge on any atom is -0.389 e. The average molecular weight is 207 g/mol. The second kappa shape index (κ2) is 3.20. The van der Waals surface area contributed by atoms with Crippen molar-refractivity contribution in [2.75, 3.05) is 25.5 Å². The Balaban J connectivity index is 2.16. The van der Waals surface area contributed by atoms with Crippen LogP contribution in [0, 0.1) is 0 Å². The molecule has 0 bridgehead atoms. The molecule has 0 aromatic heterocycles. The van der Waals surface area contributed by atoms with Gasteiger partial charge in [-0.1, -0.05) is 0 Å². The minimum atomic E-state index is -3.11. The van der Waals surface area contributed by atoms with Gasteiger partial charge in [-0.05, 0) is 6.42 Å². The van der Waals surface area contributed by atoms with Crippen molar-refractivity contribution in [2.24, 2.45) is 0 Å². The van der Waals surface area contributed by atoms with E-state index in [9.17, 15) is 13.5 Å². The maximum atomic E-state index is 11.5. The molecule has 0 spiro atoms. The van der Waals surface area contributed by atoms with E-state index in [0.717, 1.165) is 0 Å². The van der Waals surface area contributed by atoms with Crippen LogP contribution in [0.1, 0.15) is 6.42 Å². The quantitative estimate of drug-likeness (QED) is 0.585. The SMILES string of the molecule is O=S1(=O)CCCN1C1COCC1O. The number of nitrogens with zero attached hydrogens (tertiary/aromatic N) is 1. The summed E-state index contributed by atoms with van der Waals surface area (Å²) in [4.78, 5) is 0. The van der Waals surface area contributed by atoms with Gasteiger partial charge in [0.25, 0.3) is 0 Å². The van der Waals surface area contributed by atoms with Crippen molar-refractivity contribution in [3.63, 3.8) is 0 Å². The van der Waals surface area contributed by atoms with Gasteiger partial charge in [-0.25, -0.2) is 8.42 Å². The fourth-order valence-corrected chi connectivity index (χ4v) is 3.59. The summed E-state index contributed by atoms with van der Waals surface area (Å²) in [5.41, 5.74) is 0. The summed E-state index contributed by atoms with van der Waals surface area (Å²) in [6.45, 7) is 1.09. The van der Waals surface area contributed by atoms with E-state index in [0.29, 0.717) is 19.6 Å². The van der Waals surface area contributed by atoms with E-state index in [1.54, 1.807) is 0 Å². The molecule has 76 valence electrons. The lowest BCUT2D eigenvalue weighted by Gasteiger charge is -2.23. The summed E-state index contributed by atoms with van der Waals surface area (Å²) in [5.74, 6) is 0.205. The van der Waals surface area contributed by atoms with Gasteiger partial charge in [0.05, 0.1) is 31.1 Å². The highest BCUT2D eigenvalue weighted by molar-refractivity contribution is 7.89. The molecule has 2 aliphatic rings. The Bertz CT molecular complexity index is 289. The molecule has 0 amide bonds. The number of rotatable bonds is 1. The number of ether oxygens (including phenoxy) is 1. The number of hydrogen-bond acceptors (Lipinski definition) is 4. The van der Waals surface area contributed by atoms with Crippen molar-refractivity contribution >= 4 is 10.0 Å². The van der Waals surface area contributed by atoms with Crippen molar-refractivity contribution in [1.82, 2.24) is 4.31 Å². The van der Waals surface area contributed by atoms with Crippen molar-refractivity contribution in [3.05, 3.63) is 0 Å². The van der Waals surface area contributed by atoms with Crippen LogP contribution in [0.3, 0.4) is 0 Å². The number of sulfonamides is 1. The molecule has 2 heterocycles. The lowest BCUT2D eigenvalue weighted by Crippen LogP contribution is -2.43. The Kier molecular flexibility index (Phi) is 2.31. The molecule has 2 aliphatic heterocycles. The Morgan fingerprint density at radius 2 is 2.15 bits per heavy atom. The zero-order valence-corrected chi connectivity index (χ0v) is 8.03. The van der Waals surface area contributed by atoms with Gasteiger partial charge < -0.3 is 9.84 Å². The van der Waals surface area contributed by atoms with Gasteiger partial charge in [-0.3, -0.25) is 0 Å². The largest absolute Gasteiger partial charge is 0.389 e. The Morgan fingerprint density at radius 3 is 2.62 bits per heavy atom. The zero-order valence-electron chi connectivity index (χ0n) is 7.22. The maximum absolute atomic E-state index is 11.5. The fraction of sp³-hybridized carbons (Fsp3) is 1.00. The zero-order chi connectivity index (χ0) is 9.47. The van der Waals surface area contributed by atoms with E-state index in [4.69, 9.17) is 4.74 Å². The second-order valence-corrected chi connectivity index (χ2v) is 5.49. The molecule has 2 rings (SSSR count). The van der Waals surface area contributed by atoms with Gasteiger partial charge in [0.1, 0.15) is 0 Å². The third kappa shape index (κ3) is 1.59. The van der Waals surface area contributed by atoms with Gasteiger partial charge in [0.15, 0.2) is 0 Å². The van der Waals surface area contributed by atoms with Crippen LogP contribution in [0.2, 0.25) is 0 Å². The van der Waals surface area contributed by atoms with Crippen LogP contribution in [0.15, 0.2) is 0 Å². The molecule has 0 aliphatic carbocycles. The first-order chi connectivity index (χ1) is 6.11. The van der Waals surface area contributed by atoms with Gasteiger partial charge in [-0.15, -0.1) is 0 Å². The topological polar surface area (TPSA) is 66.8 Å². The minimum absolute atomic E-state index is 0.205. The predicted molar refractivity (Wildman–Crippen MR) is 45.7 cm³/mol. The number of aliphatic hydroxyl groups excluding tert-OH is 1. The number of hydrogen-bond donors (Lipinski definition) is 1. The Hall–Kier alpha value is -0.170. The third-order valence-corrected chi connectivity index (χ3v) is 4.50. The molecular weight excluding hydrogens is 194 g/mol. The van der Waals surface area contributed by atoms with Crippen LogP contribution < -0.4 is 0 Å². The van der Waals surface area contributed by atoms with Crippen LogP contribution in [-0.4, -0.2) is 55.5 Å². The van der Waals surface area contributed by atoms with Crippen molar-refractivity contribution < 1.29 is 18.3 Å². The van der Waals surface area contributed by atoms with Gasteiger partial charge >= 0.3 is 0 Å². The smallest absolute Gasteiger partial charge is 0.214 e. The first-order valence-corrected chi connectivity index (χ1v) is 5.97. The molecule has 5 nitrogen and oxygen atoms in total. The van der Waals surface area contributed by atoms with Crippen LogP contribution in [0.5, 0.6) is 0 Å². The molecule has 0 aromatic carbocycles. The van der Waals surface area contributed by atoms with Crippen molar-refractivity contribution in [2.45, 2.75) is 18.6 Å². The summed E-state index contributed by atoms with van der Waals surface area (Å²) >= 11 is 0. The lowest BCUT2D eigenvalue weighted by molar-refractivity contribution is 0.113. The molecule has 0 radical (unpaired) electrons. The maximum Gasteiger partial charge on any atom is 0.214 e. The second-order valence-electron chi connectivity index (χ2n) is 3.45. The molecule has 13 heavy (non-hydrogen) atoms. The summed E-state index contributed by atoms with van der Waals surface area (Å²) < 4.78 is 29.3. The fourth-order valence-electron chi connectivity index (χ4n) is 1.84. The van der Waals surface area contributed by atoms with Crippen LogP contribution in [0.25, 0.3) is 0 Å². The molecule has 2 atom stereocenters. The van der Waals surface area contributed by atoms with Gasteiger partial charge in [-0.2, -0.15) is 4.31 Å². The van der Waals surface area contributed by atoms with E-state index in [-0.39, 0.29) is 18.4 Å².